The van der Waals surface area contributed by atoms with Gasteiger partial charge in [-0.3, -0.25) is 9.36 Å². The minimum absolute atomic E-state index is 0.185. The number of rotatable bonds is 11. The second-order valence-corrected chi connectivity index (χ2v) is 10.3. The quantitative estimate of drug-likeness (QED) is 0.261. The molecule has 0 atom stereocenters. The number of hydrogen-bond donors (Lipinski definition) is 1. The van der Waals surface area contributed by atoms with Gasteiger partial charge in [0, 0.05) is 30.8 Å². The molecule has 0 spiro atoms. The number of carbonyl (C=O) groups is 1. The van der Waals surface area contributed by atoms with E-state index in [4.69, 9.17) is 0 Å². The summed E-state index contributed by atoms with van der Waals surface area (Å²) >= 11 is 1.71. The molecule has 1 amide bonds. The summed E-state index contributed by atoms with van der Waals surface area (Å²) in [6.45, 7) is 2.96. The maximum Gasteiger partial charge on any atom is 0.220 e. The minimum atomic E-state index is 0.185. The third-order valence-corrected chi connectivity index (χ3v) is 7.54. The van der Waals surface area contributed by atoms with Gasteiger partial charge >= 0.3 is 0 Å². The number of amides is 1. The third-order valence-electron chi connectivity index (χ3n) is 6.54. The van der Waals surface area contributed by atoms with Gasteiger partial charge in [0.2, 0.25) is 5.91 Å². The summed E-state index contributed by atoms with van der Waals surface area (Å²) in [4.78, 5) is 12.3. The Bertz CT molecular complexity index is 1040. The molecule has 1 aliphatic rings. The molecule has 1 heterocycles. The smallest absolute Gasteiger partial charge is 0.220 e. The molecule has 1 aliphatic carbocycles. The molecule has 4 rings (SSSR count). The number of hydrogen-bond acceptors (Lipinski definition) is 4. The Morgan fingerprint density at radius 2 is 1.85 bits per heavy atom. The van der Waals surface area contributed by atoms with Crippen LogP contribution in [0.15, 0.2) is 59.8 Å². The summed E-state index contributed by atoms with van der Waals surface area (Å²) in [6.07, 6.45) is 9.68. The van der Waals surface area contributed by atoms with Crippen LogP contribution in [0.5, 0.6) is 0 Å². The summed E-state index contributed by atoms with van der Waals surface area (Å²) in [7, 11) is 0. The highest BCUT2D eigenvalue weighted by Gasteiger charge is 2.16. The molecule has 0 unspecified atom stereocenters. The highest BCUT2D eigenvalue weighted by atomic mass is 32.2. The third kappa shape index (κ3) is 7.20. The average Bonchev–Trinajstić information content (AvgIpc) is 3.28. The zero-order valence-corrected chi connectivity index (χ0v) is 21.0. The van der Waals surface area contributed by atoms with Gasteiger partial charge in [-0.2, -0.15) is 0 Å². The number of thioether (sulfide) groups is 1. The van der Waals surface area contributed by atoms with Crippen LogP contribution < -0.4 is 5.32 Å². The fourth-order valence-corrected chi connectivity index (χ4v) is 5.54. The number of nitrogens with one attached hydrogen (secondary N) is 1. The van der Waals surface area contributed by atoms with Gasteiger partial charge in [-0.05, 0) is 61.8 Å². The molecule has 34 heavy (non-hydrogen) atoms. The van der Waals surface area contributed by atoms with E-state index >= 15 is 0 Å². The lowest BCUT2D eigenvalue weighted by Crippen LogP contribution is -2.30. The van der Waals surface area contributed by atoms with Gasteiger partial charge in [0.25, 0.3) is 0 Å². The van der Waals surface area contributed by atoms with E-state index in [0.717, 1.165) is 48.2 Å². The van der Waals surface area contributed by atoms with Crippen LogP contribution in [0, 0.1) is 12.8 Å². The number of benzene rings is 2. The van der Waals surface area contributed by atoms with Crippen molar-refractivity contribution in [1.29, 1.82) is 0 Å². The van der Waals surface area contributed by atoms with Crippen molar-refractivity contribution in [2.75, 3.05) is 6.54 Å². The maximum atomic E-state index is 12.3. The van der Waals surface area contributed by atoms with Crippen molar-refractivity contribution in [1.82, 2.24) is 20.1 Å². The Morgan fingerprint density at radius 3 is 2.65 bits per heavy atom. The van der Waals surface area contributed by atoms with E-state index in [1.807, 2.05) is 6.07 Å². The van der Waals surface area contributed by atoms with E-state index < -0.39 is 0 Å². The van der Waals surface area contributed by atoms with Gasteiger partial charge in [-0.25, -0.2) is 0 Å². The molecular formula is C28H36N4OS. The minimum Gasteiger partial charge on any atom is -0.356 e. The van der Waals surface area contributed by atoms with Crippen LogP contribution in [-0.2, 0) is 17.0 Å². The average molecular weight is 477 g/mol. The first kappa shape index (κ1) is 24.5. The van der Waals surface area contributed by atoms with Gasteiger partial charge in [0.05, 0.1) is 0 Å². The van der Waals surface area contributed by atoms with Gasteiger partial charge in [0.15, 0.2) is 5.16 Å². The number of nitrogens with zero attached hydrogens (tertiary/aromatic N) is 3. The van der Waals surface area contributed by atoms with Crippen LogP contribution in [0.2, 0.25) is 0 Å². The van der Waals surface area contributed by atoms with E-state index in [1.54, 1.807) is 11.8 Å². The summed E-state index contributed by atoms with van der Waals surface area (Å²) in [5, 5.41) is 13.1. The fourth-order valence-electron chi connectivity index (χ4n) is 4.61. The normalized spacial score (nSPS) is 14.3. The Kier molecular flexibility index (Phi) is 9.19. The fraction of sp³-hybridized carbons (Fsp3) is 0.464. The molecule has 3 aromatic rings. The molecule has 1 saturated carbocycles. The predicted octanol–water partition coefficient (Wildman–Crippen LogP) is 6.28. The number of carbonyl (C=O) groups excluding carboxylic acids is 1. The molecule has 0 saturated heterocycles. The monoisotopic (exact) mass is 476 g/mol. The highest BCUT2D eigenvalue weighted by Crippen LogP contribution is 2.26. The van der Waals surface area contributed by atoms with Crippen molar-refractivity contribution in [3.05, 3.63) is 71.5 Å². The summed E-state index contributed by atoms with van der Waals surface area (Å²) in [6, 6.07) is 18.9. The molecule has 0 bridgehead atoms. The Hall–Kier alpha value is -2.60. The number of aromatic nitrogens is 3. The van der Waals surface area contributed by atoms with E-state index in [2.05, 4.69) is 75.5 Å². The van der Waals surface area contributed by atoms with Crippen molar-refractivity contribution in [2.45, 2.75) is 75.6 Å². The van der Waals surface area contributed by atoms with Crippen molar-refractivity contribution >= 4 is 17.7 Å². The Labute approximate surface area is 207 Å². The zero-order chi connectivity index (χ0) is 23.6. The summed E-state index contributed by atoms with van der Waals surface area (Å²) in [5.74, 6) is 2.68. The SMILES string of the molecule is Cc1cccc(-n2c(CCCCC(=O)NCC3CCCCC3)nnc2SCc2ccccc2)c1. The summed E-state index contributed by atoms with van der Waals surface area (Å²) in [5.41, 5.74) is 3.58. The number of unbranched alkanes of at least 4 members (excludes halogenated alkanes) is 1. The van der Waals surface area contributed by atoms with E-state index in [-0.39, 0.29) is 5.91 Å². The van der Waals surface area contributed by atoms with Crippen LogP contribution in [0.4, 0.5) is 0 Å². The van der Waals surface area contributed by atoms with Crippen molar-refractivity contribution in [3.8, 4) is 5.69 Å². The second-order valence-electron chi connectivity index (χ2n) is 9.36. The van der Waals surface area contributed by atoms with Crippen LogP contribution in [0.3, 0.4) is 0 Å². The maximum absolute atomic E-state index is 12.3. The molecular weight excluding hydrogens is 440 g/mol. The molecule has 1 aromatic heterocycles. The zero-order valence-electron chi connectivity index (χ0n) is 20.2. The van der Waals surface area contributed by atoms with E-state index in [0.29, 0.717) is 12.3 Å². The lowest BCUT2D eigenvalue weighted by atomic mass is 9.89. The van der Waals surface area contributed by atoms with Gasteiger partial charge in [0.1, 0.15) is 5.82 Å². The van der Waals surface area contributed by atoms with Crippen LogP contribution >= 0.6 is 11.8 Å². The Morgan fingerprint density at radius 1 is 1.03 bits per heavy atom. The Balaban J connectivity index is 1.33. The first-order valence-electron chi connectivity index (χ1n) is 12.6. The van der Waals surface area contributed by atoms with Crippen molar-refractivity contribution in [2.24, 2.45) is 5.92 Å². The molecule has 0 aliphatic heterocycles. The van der Waals surface area contributed by atoms with E-state index in [1.165, 1.54) is 43.2 Å². The first-order valence-corrected chi connectivity index (χ1v) is 13.6. The molecule has 1 N–H and O–H groups in total. The summed E-state index contributed by atoms with van der Waals surface area (Å²) < 4.78 is 2.18. The van der Waals surface area contributed by atoms with Gasteiger partial charge < -0.3 is 5.32 Å². The first-order chi connectivity index (χ1) is 16.7. The molecule has 5 nitrogen and oxygen atoms in total. The van der Waals surface area contributed by atoms with Crippen LogP contribution in [-0.4, -0.2) is 27.2 Å². The lowest BCUT2D eigenvalue weighted by molar-refractivity contribution is -0.121. The largest absolute Gasteiger partial charge is 0.356 e. The number of aryl methyl sites for hydroxylation is 2. The lowest BCUT2D eigenvalue weighted by Gasteiger charge is -2.21. The predicted molar refractivity (Wildman–Crippen MR) is 139 cm³/mol. The topological polar surface area (TPSA) is 59.8 Å². The van der Waals surface area contributed by atoms with Gasteiger partial charge in [-0.1, -0.05) is 73.5 Å². The standard InChI is InChI=1S/C28H36N4OS/c1-22-11-10-16-25(19-22)32-26(30-31-28(32)34-21-24-14-6-3-7-15-24)17-8-9-18-27(33)29-20-23-12-4-2-5-13-23/h3,6-7,10-11,14-16,19,23H,2,4-5,8-9,12-13,17-18,20-21H2,1H3,(H,29,33). The highest BCUT2D eigenvalue weighted by molar-refractivity contribution is 7.98. The van der Waals surface area contributed by atoms with Crippen molar-refractivity contribution in [3.63, 3.8) is 0 Å². The second kappa shape index (κ2) is 12.7. The molecule has 0 radical (unpaired) electrons. The molecule has 180 valence electrons. The molecule has 6 heteroatoms. The molecule has 2 aromatic carbocycles. The molecule has 1 fully saturated rings. The van der Waals surface area contributed by atoms with Crippen LogP contribution in [0.1, 0.15) is 68.3 Å². The van der Waals surface area contributed by atoms with E-state index in [9.17, 15) is 4.79 Å². The van der Waals surface area contributed by atoms with Crippen molar-refractivity contribution < 1.29 is 4.79 Å². The van der Waals surface area contributed by atoms with Crippen LogP contribution in [0.25, 0.3) is 5.69 Å². The van der Waals surface area contributed by atoms with Gasteiger partial charge in [-0.15, -0.1) is 10.2 Å².